The minimum Gasteiger partial charge on any atom is -1.00 e. The van der Waals surface area contributed by atoms with Gasteiger partial charge in [0.25, 0.3) is 0 Å². The van der Waals surface area contributed by atoms with Gasteiger partial charge in [-0.25, -0.2) is 5.01 Å². The van der Waals surface area contributed by atoms with Crippen LogP contribution in [0.2, 0.25) is 0 Å². The van der Waals surface area contributed by atoms with Gasteiger partial charge in [0, 0.05) is 13.1 Å². The van der Waals surface area contributed by atoms with Crippen molar-refractivity contribution in [3.8, 4) is 0 Å². The molecule has 7 heteroatoms. The summed E-state index contributed by atoms with van der Waals surface area (Å²) in [7, 11) is -4.09. The minimum absolute atomic E-state index is 0. The molecule has 90 valence electrons. The second-order valence-corrected chi connectivity index (χ2v) is 5.74. The maximum atomic E-state index is 10.7. The van der Waals surface area contributed by atoms with E-state index in [1.54, 1.807) is 5.01 Å². The van der Waals surface area contributed by atoms with Crippen LogP contribution >= 0.6 is 0 Å². The summed E-state index contributed by atoms with van der Waals surface area (Å²) in [6.45, 7) is 1.45. The summed E-state index contributed by atoms with van der Waals surface area (Å²) < 4.78 is 30.0. The van der Waals surface area contributed by atoms with E-state index in [4.69, 9.17) is 4.55 Å². The van der Waals surface area contributed by atoms with Crippen molar-refractivity contribution in [3.63, 3.8) is 0 Å². The number of piperidine rings is 1. The van der Waals surface area contributed by atoms with Crippen molar-refractivity contribution in [2.45, 2.75) is 32.1 Å². The van der Waals surface area contributed by atoms with Crippen LogP contribution in [0.1, 0.15) is 33.5 Å². The summed E-state index contributed by atoms with van der Waals surface area (Å²) in [6, 6.07) is 0. The molecule has 1 saturated heterocycles. The van der Waals surface area contributed by atoms with E-state index >= 15 is 0 Å². The van der Waals surface area contributed by atoms with Crippen molar-refractivity contribution in [1.29, 1.82) is 0 Å². The molecule has 2 fully saturated rings. The van der Waals surface area contributed by atoms with Crippen LogP contribution in [-0.2, 0) is 10.3 Å². The first-order chi connectivity index (χ1) is 7.04. The molecule has 1 aliphatic heterocycles. The molecule has 0 amide bonds. The van der Waals surface area contributed by atoms with Gasteiger partial charge in [0.05, 0.1) is 0 Å². The van der Waals surface area contributed by atoms with Crippen molar-refractivity contribution in [2.75, 3.05) is 13.1 Å². The van der Waals surface area contributed by atoms with Crippen molar-refractivity contribution < 1.29 is 44.0 Å². The molecule has 0 aromatic carbocycles. The zero-order valence-corrected chi connectivity index (χ0v) is 12.5. The number of nitrogens with one attached hydrogen (secondary N) is 1. The maximum absolute atomic E-state index is 10.7. The van der Waals surface area contributed by atoms with Crippen LogP contribution in [0, 0.1) is 11.8 Å². The maximum Gasteiger partial charge on any atom is 1.00 e. The zero-order chi connectivity index (χ0) is 10.9. The summed E-state index contributed by atoms with van der Waals surface area (Å²) in [5.41, 5.74) is 0. The van der Waals surface area contributed by atoms with E-state index in [0.29, 0.717) is 12.5 Å². The normalized spacial score (nSPS) is 31.6. The first kappa shape index (κ1) is 14.9. The van der Waals surface area contributed by atoms with Gasteiger partial charge in [-0.3, -0.25) is 4.55 Å². The summed E-state index contributed by atoms with van der Waals surface area (Å²) >= 11 is 0. The van der Waals surface area contributed by atoms with Crippen LogP contribution in [0.15, 0.2) is 0 Å². The third kappa shape index (κ3) is 4.25. The zero-order valence-electron chi connectivity index (χ0n) is 10.7. The molecule has 16 heavy (non-hydrogen) atoms. The average Bonchev–Trinajstić information content (AvgIpc) is 2.15. The van der Waals surface area contributed by atoms with Gasteiger partial charge in [-0.1, -0.05) is 19.3 Å². The van der Waals surface area contributed by atoms with Crippen LogP contribution in [-0.4, -0.2) is 31.1 Å². The van der Waals surface area contributed by atoms with Gasteiger partial charge < -0.3 is 1.43 Å². The molecular formula is C9H19N2NaO3S. The fourth-order valence-electron chi connectivity index (χ4n) is 2.85. The van der Waals surface area contributed by atoms with Crippen molar-refractivity contribution in [3.05, 3.63) is 0 Å². The molecule has 0 aromatic rings. The fourth-order valence-corrected chi connectivity index (χ4v) is 3.34. The molecule has 0 bridgehead atoms. The summed E-state index contributed by atoms with van der Waals surface area (Å²) in [6.07, 6.45) is 6.07. The molecule has 2 N–H and O–H groups in total. The number of rotatable bonds is 2. The van der Waals surface area contributed by atoms with E-state index in [2.05, 4.69) is 4.83 Å². The van der Waals surface area contributed by atoms with E-state index in [-0.39, 0.29) is 31.0 Å². The molecule has 0 radical (unpaired) electrons. The largest absolute Gasteiger partial charge is 1.00 e. The van der Waals surface area contributed by atoms with Gasteiger partial charge in [-0.15, -0.1) is 4.83 Å². The molecule has 1 aliphatic carbocycles. The smallest absolute Gasteiger partial charge is 1.00 e. The second-order valence-electron chi connectivity index (χ2n) is 4.61. The average molecular weight is 258 g/mol. The van der Waals surface area contributed by atoms with E-state index in [1.165, 1.54) is 25.7 Å². The van der Waals surface area contributed by atoms with Gasteiger partial charge >= 0.3 is 39.9 Å². The van der Waals surface area contributed by atoms with E-state index in [1.807, 2.05) is 0 Å². The minimum atomic E-state index is -4.09. The summed E-state index contributed by atoms with van der Waals surface area (Å²) in [4.78, 5) is 2.15. The molecule has 5 nitrogen and oxygen atoms in total. The first-order valence-corrected chi connectivity index (χ1v) is 6.98. The van der Waals surface area contributed by atoms with Crippen LogP contribution < -0.4 is 34.4 Å². The van der Waals surface area contributed by atoms with Gasteiger partial charge in [-0.05, 0) is 24.7 Å². The van der Waals surface area contributed by atoms with Crippen molar-refractivity contribution >= 4 is 10.3 Å². The van der Waals surface area contributed by atoms with Gasteiger partial charge in [-0.2, -0.15) is 8.42 Å². The Labute approximate surface area is 121 Å². The Hall–Kier alpha value is 0.830. The first-order valence-electron chi connectivity index (χ1n) is 5.54. The molecule has 0 aromatic heterocycles. The van der Waals surface area contributed by atoms with Gasteiger partial charge in [0.15, 0.2) is 0 Å². The molecule has 2 rings (SSSR count). The Bertz CT molecular complexity index is 328. The Morgan fingerprint density at radius 2 is 1.81 bits per heavy atom. The van der Waals surface area contributed by atoms with Crippen LogP contribution in [0.25, 0.3) is 0 Å². The number of fused-ring (bicyclic) bond motifs is 1. The number of nitrogens with zero attached hydrogens (tertiary/aromatic N) is 1. The number of hydrogen-bond donors (Lipinski definition) is 2. The second kappa shape index (κ2) is 6.13. The monoisotopic (exact) mass is 258 g/mol. The molecule has 2 aliphatic rings. The molecule has 2 unspecified atom stereocenters. The SMILES string of the molecule is O=S(=O)(O)NN1CCC2CCCCC2C1.[H-].[Na+]. The Balaban J connectivity index is 0.00000128. The van der Waals surface area contributed by atoms with Crippen LogP contribution in [0.5, 0.6) is 0 Å². The Morgan fingerprint density at radius 1 is 1.19 bits per heavy atom. The Morgan fingerprint density at radius 3 is 2.44 bits per heavy atom. The summed E-state index contributed by atoms with van der Waals surface area (Å²) in [5, 5.41) is 1.63. The quantitative estimate of drug-likeness (QED) is 0.441. The molecule has 1 heterocycles. The molecular weight excluding hydrogens is 239 g/mol. The number of hydrogen-bond acceptors (Lipinski definition) is 3. The Kier molecular flexibility index (Phi) is 5.71. The van der Waals surface area contributed by atoms with E-state index < -0.39 is 10.3 Å². The third-order valence-corrected chi connectivity index (χ3v) is 4.02. The predicted molar refractivity (Wildman–Crippen MR) is 57.4 cm³/mol. The van der Waals surface area contributed by atoms with Gasteiger partial charge in [0.2, 0.25) is 0 Å². The topological polar surface area (TPSA) is 69.6 Å². The summed E-state index contributed by atoms with van der Waals surface area (Å²) in [5.74, 6) is 1.36. The third-order valence-electron chi connectivity index (χ3n) is 3.54. The standard InChI is InChI=1S/C9H18N2O3S.Na.H/c12-15(13,14)10-11-6-5-8-3-1-2-4-9(8)7-11;;/h8-10H,1-7H2,(H,12,13,14);;/q;+1;-1. The molecule has 0 spiro atoms. The van der Waals surface area contributed by atoms with Crippen LogP contribution in [0.4, 0.5) is 0 Å². The van der Waals surface area contributed by atoms with Gasteiger partial charge in [0.1, 0.15) is 0 Å². The predicted octanol–water partition coefficient (Wildman–Crippen LogP) is -2.08. The molecule has 2 atom stereocenters. The van der Waals surface area contributed by atoms with E-state index in [0.717, 1.165) is 18.9 Å². The van der Waals surface area contributed by atoms with E-state index in [9.17, 15) is 8.42 Å². The van der Waals surface area contributed by atoms with Crippen molar-refractivity contribution in [1.82, 2.24) is 9.84 Å². The molecule has 1 saturated carbocycles. The van der Waals surface area contributed by atoms with Crippen molar-refractivity contribution in [2.24, 2.45) is 11.8 Å². The fraction of sp³-hybridized carbons (Fsp3) is 1.00. The van der Waals surface area contributed by atoms with Crippen LogP contribution in [0.3, 0.4) is 0 Å². The number of hydrazine groups is 1.